The van der Waals surface area contributed by atoms with Crippen LogP contribution in [0.25, 0.3) is 0 Å². The van der Waals surface area contributed by atoms with Gasteiger partial charge < -0.3 is 9.64 Å². The summed E-state index contributed by atoms with van der Waals surface area (Å²) in [6.07, 6.45) is 1.96. The van der Waals surface area contributed by atoms with Crippen molar-refractivity contribution in [2.24, 2.45) is 5.92 Å². The average Bonchev–Trinajstić information content (AvgIpc) is 3.05. The molecule has 2 heterocycles. The fourth-order valence-corrected chi connectivity index (χ4v) is 3.31. The Labute approximate surface area is 161 Å². The smallest absolute Gasteiger partial charge is 0.261 e. The van der Waals surface area contributed by atoms with Crippen molar-refractivity contribution >= 4 is 5.91 Å². The van der Waals surface area contributed by atoms with E-state index < -0.39 is 0 Å². The highest BCUT2D eigenvalue weighted by atomic mass is 16.5. The minimum absolute atomic E-state index is 0.0151. The molecule has 0 saturated heterocycles. The average molecular weight is 370 g/mol. The zero-order chi connectivity index (χ0) is 19.6. The molecule has 146 valence electrons. The molecule has 1 atom stereocenters. The number of ether oxygens (including phenoxy) is 1. The van der Waals surface area contributed by atoms with Crippen LogP contribution in [0.4, 0.5) is 0 Å². The van der Waals surface area contributed by atoms with E-state index in [0.29, 0.717) is 19.0 Å². The summed E-state index contributed by atoms with van der Waals surface area (Å²) in [4.78, 5) is 19.2. The van der Waals surface area contributed by atoms with Crippen LogP contribution in [-0.4, -0.2) is 38.7 Å². The first-order valence-corrected chi connectivity index (χ1v) is 9.78. The largest absolute Gasteiger partial charge is 0.484 e. The predicted octanol–water partition coefficient (Wildman–Crippen LogP) is 3.47. The van der Waals surface area contributed by atoms with Gasteiger partial charge in [0, 0.05) is 13.0 Å². The summed E-state index contributed by atoms with van der Waals surface area (Å²) in [6.45, 7) is 11.9. The van der Waals surface area contributed by atoms with Crippen LogP contribution in [-0.2, 0) is 17.8 Å². The van der Waals surface area contributed by atoms with E-state index in [1.165, 1.54) is 5.56 Å². The highest BCUT2D eigenvalue weighted by Crippen LogP contribution is 2.24. The summed E-state index contributed by atoms with van der Waals surface area (Å²) < 4.78 is 7.68. The van der Waals surface area contributed by atoms with Gasteiger partial charge in [-0.25, -0.2) is 9.67 Å². The van der Waals surface area contributed by atoms with Crippen LogP contribution in [0.1, 0.15) is 56.0 Å². The number of amides is 1. The fraction of sp³-hybridized carbons (Fsp3) is 0.571. The van der Waals surface area contributed by atoms with Crippen molar-refractivity contribution in [3.8, 4) is 5.75 Å². The normalized spacial score (nSPS) is 16.5. The molecule has 0 aliphatic carbocycles. The summed E-state index contributed by atoms with van der Waals surface area (Å²) in [6, 6.07) is 5.81. The fourth-order valence-electron chi connectivity index (χ4n) is 3.31. The Hall–Kier alpha value is -2.37. The first kappa shape index (κ1) is 19.4. The number of benzene rings is 1. The lowest BCUT2D eigenvalue weighted by atomic mass is 10.1. The second-order valence-electron chi connectivity index (χ2n) is 7.84. The Kier molecular flexibility index (Phi) is 5.82. The van der Waals surface area contributed by atoms with E-state index in [2.05, 4.69) is 25.9 Å². The maximum Gasteiger partial charge on any atom is 0.261 e. The van der Waals surface area contributed by atoms with E-state index in [0.717, 1.165) is 35.8 Å². The van der Waals surface area contributed by atoms with Crippen molar-refractivity contribution < 1.29 is 9.53 Å². The third kappa shape index (κ3) is 4.49. The van der Waals surface area contributed by atoms with Gasteiger partial charge in [0.25, 0.3) is 5.91 Å². The number of carbonyl (C=O) groups is 1. The Bertz CT molecular complexity index is 813. The maximum atomic E-state index is 12.7. The molecule has 0 radical (unpaired) electrons. The molecule has 0 N–H and O–H groups in total. The molecule has 0 saturated carbocycles. The van der Waals surface area contributed by atoms with Gasteiger partial charge in [0.2, 0.25) is 0 Å². The lowest BCUT2D eigenvalue weighted by Gasteiger charge is -2.32. The molecule has 1 amide bonds. The molecular formula is C21H30N4O2. The van der Waals surface area contributed by atoms with E-state index >= 15 is 0 Å². The summed E-state index contributed by atoms with van der Waals surface area (Å²) in [5.41, 5.74) is 2.37. The van der Waals surface area contributed by atoms with Crippen LogP contribution in [0.3, 0.4) is 0 Å². The molecule has 3 rings (SSSR count). The first-order chi connectivity index (χ1) is 12.8. The third-order valence-corrected chi connectivity index (χ3v) is 5.24. The zero-order valence-corrected chi connectivity index (χ0v) is 17.0. The van der Waals surface area contributed by atoms with Crippen LogP contribution in [0.2, 0.25) is 0 Å². The zero-order valence-electron chi connectivity index (χ0n) is 17.0. The van der Waals surface area contributed by atoms with Gasteiger partial charge in [-0.05, 0) is 56.4 Å². The van der Waals surface area contributed by atoms with Gasteiger partial charge in [-0.15, -0.1) is 0 Å². The third-order valence-electron chi connectivity index (χ3n) is 5.24. The van der Waals surface area contributed by atoms with Crippen LogP contribution >= 0.6 is 0 Å². The van der Waals surface area contributed by atoms with Gasteiger partial charge in [0.15, 0.2) is 12.4 Å². The van der Waals surface area contributed by atoms with E-state index in [-0.39, 0.29) is 18.6 Å². The Morgan fingerprint density at radius 3 is 2.74 bits per heavy atom. The standard InChI is InChI=1S/C21H30N4O2/c1-14(2)6-9-19-22-21-17(5)24(10-11-25(21)23-19)20(26)13-27-18-8-7-15(3)16(4)12-18/h7-8,12,14,17H,6,9-11,13H2,1-5H3/t17-/m1/s1. The quantitative estimate of drug-likeness (QED) is 0.781. The van der Waals surface area contributed by atoms with Crippen LogP contribution in [0, 0.1) is 19.8 Å². The molecule has 0 fully saturated rings. The number of aromatic nitrogens is 3. The monoisotopic (exact) mass is 370 g/mol. The maximum absolute atomic E-state index is 12.7. The molecular weight excluding hydrogens is 340 g/mol. The van der Waals surface area contributed by atoms with E-state index in [4.69, 9.17) is 9.72 Å². The summed E-state index contributed by atoms with van der Waals surface area (Å²) in [5.74, 6) is 3.10. The number of carbonyl (C=O) groups excluding carboxylic acids is 1. The Balaban J connectivity index is 1.62. The highest BCUT2D eigenvalue weighted by Gasteiger charge is 2.30. The van der Waals surface area contributed by atoms with Gasteiger partial charge in [-0.1, -0.05) is 19.9 Å². The van der Waals surface area contributed by atoms with Crippen molar-refractivity contribution in [2.75, 3.05) is 13.2 Å². The molecule has 2 aromatic rings. The number of aryl methyl sites for hydroxylation is 3. The van der Waals surface area contributed by atoms with E-state index in [9.17, 15) is 4.79 Å². The van der Waals surface area contributed by atoms with Gasteiger partial charge in [0.05, 0.1) is 12.6 Å². The topological polar surface area (TPSA) is 60.2 Å². The van der Waals surface area contributed by atoms with Gasteiger partial charge in [-0.2, -0.15) is 5.10 Å². The van der Waals surface area contributed by atoms with Crippen molar-refractivity contribution in [3.05, 3.63) is 41.0 Å². The molecule has 6 nitrogen and oxygen atoms in total. The van der Waals surface area contributed by atoms with E-state index in [1.807, 2.05) is 41.6 Å². The molecule has 0 bridgehead atoms. The second-order valence-corrected chi connectivity index (χ2v) is 7.84. The van der Waals surface area contributed by atoms with E-state index in [1.54, 1.807) is 0 Å². The van der Waals surface area contributed by atoms with Crippen molar-refractivity contribution in [3.63, 3.8) is 0 Å². The minimum Gasteiger partial charge on any atom is -0.484 e. The minimum atomic E-state index is -0.0881. The summed E-state index contributed by atoms with van der Waals surface area (Å²) >= 11 is 0. The molecule has 0 unspecified atom stereocenters. The Morgan fingerprint density at radius 2 is 2.04 bits per heavy atom. The van der Waals surface area contributed by atoms with Crippen molar-refractivity contribution in [2.45, 2.75) is 60.0 Å². The van der Waals surface area contributed by atoms with Gasteiger partial charge in [-0.3, -0.25) is 4.79 Å². The molecule has 1 aliphatic heterocycles. The second kappa shape index (κ2) is 8.11. The predicted molar refractivity (Wildman–Crippen MR) is 105 cm³/mol. The highest BCUT2D eigenvalue weighted by molar-refractivity contribution is 5.78. The number of nitrogens with zero attached hydrogens (tertiary/aromatic N) is 4. The van der Waals surface area contributed by atoms with Crippen LogP contribution < -0.4 is 4.74 Å². The summed E-state index contributed by atoms with van der Waals surface area (Å²) in [7, 11) is 0. The molecule has 0 spiro atoms. The number of hydrogen-bond acceptors (Lipinski definition) is 4. The first-order valence-electron chi connectivity index (χ1n) is 9.78. The molecule has 1 aromatic carbocycles. The van der Waals surface area contributed by atoms with Crippen molar-refractivity contribution in [1.29, 1.82) is 0 Å². The van der Waals surface area contributed by atoms with Crippen molar-refractivity contribution in [1.82, 2.24) is 19.7 Å². The van der Waals surface area contributed by atoms with Gasteiger partial charge >= 0.3 is 0 Å². The number of hydrogen-bond donors (Lipinski definition) is 0. The van der Waals surface area contributed by atoms with Crippen LogP contribution in [0.15, 0.2) is 18.2 Å². The Morgan fingerprint density at radius 1 is 1.26 bits per heavy atom. The molecule has 27 heavy (non-hydrogen) atoms. The lowest BCUT2D eigenvalue weighted by molar-refractivity contribution is -0.136. The molecule has 1 aromatic heterocycles. The van der Waals surface area contributed by atoms with Gasteiger partial charge in [0.1, 0.15) is 11.6 Å². The lowest BCUT2D eigenvalue weighted by Crippen LogP contribution is -2.43. The SMILES string of the molecule is Cc1ccc(OCC(=O)N2CCn3nc(CCC(C)C)nc3[C@H]2C)cc1C. The van der Waals surface area contributed by atoms with Crippen LogP contribution in [0.5, 0.6) is 5.75 Å². The number of fused-ring (bicyclic) bond motifs is 1. The summed E-state index contributed by atoms with van der Waals surface area (Å²) in [5, 5.41) is 4.61. The molecule has 1 aliphatic rings. The number of rotatable bonds is 6. The molecule has 6 heteroatoms.